The van der Waals surface area contributed by atoms with Gasteiger partial charge in [-0.15, -0.1) is 0 Å². The molecule has 2 nitrogen and oxygen atoms in total. The highest BCUT2D eigenvalue weighted by atomic mass is 32.2. The van der Waals surface area contributed by atoms with Gasteiger partial charge in [-0.2, -0.15) is 43.2 Å². The van der Waals surface area contributed by atoms with Crippen molar-refractivity contribution in [2.75, 3.05) is 12.9 Å². The highest BCUT2D eigenvalue weighted by Gasteiger charge is 2.82. The number of rotatable bonds is 11. The van der Waals surface area contributed by atoms with Gasteiger partial charge in [-0.1, -0.05) is 73.5 Å². The Morgan fingerprint density at radius 2 is 1.10 bits per heavy atom. The van der Waals surface area contributed by atoms with Crippen LogP contribution in [0.3, 0.4) is 0 Å². The zero-order valence-corrected chi connectivity index (χ0v) is 29.7. The summed E-state index contributed by atoms with van der Waals surface area (Å²) in [5.41, 5.74) is -0.276. The highest BCUT2D eigenvalue weighted by Crippen LogP contribution is 2.57. The van der Waals surface area contributed by atoms with Gasteiger partial charge in [0.25, 0.3) is 0 Å². The molecule has 0 radical (unpaired) electrons. The molecule has 0 heterocycles. The summed E-state index contributed by atoms with van der Waals surface area (Å²) in [5.74, 6) is -11.7. The Morgan fingerprint density at radius 1 is 0.694 bits per heavy atom. The van der Waals surface area contributed by atoms with Crippen LogP contribution in [0.15, 0.2) is 106 Å². The number of halogens is 9. The molecule has 49 heavy (non-hydrogen) atoms. The molecule has 2 fully saturated rings. The van der Waals surface area contributed by atoms with E-state index in [1.165, 1.54) is 14.7 Å². The Labute approximate surface area is 293 Å². The van der Waals surface area contributed by atoms with Crippen molar-refractivity contribution in [2.24, 2.45) is 17.8 Å². The average Bonchev–Trinajstić information content (AvgIpc) is 3.01. The van der Waals surface area contributed by atoms with E-state index in [0.717, 1.165) is 39.2 Å². The van der Waals surface area contributed by atoms with Crippen molar-refractivity contribution in [1.82, 2.24) is 9.03 Å². The van der Waals surface area contributed by atoms with Crippen molar-refractivity contribution >= 4 is 34.8 Å². The standard InChI is InChI=1S/C18H15S.C17H25F9N2S2/c1-4-10-16(11-5-1)19(17-12-6-2-7-13-17)18-14-8-3-9-15-18;1-10-4-11-6-12(5-10)8-13(2,7-11)27-9-29-28(3)30-17(25,26)15(20,21)14(18,19)16(22,23)24/h1-15H;10-12,27H,4-9H2,1-3H3/q+1;. The van der Waals surface area contributed by atoms with Gasteiger partial charge in [-0.3, -0.25) is 0 Å². The molecule has 2 aliphatic rings. The molecule has 0 saturated heterocycles. The van der Waals surface area contributed by atoms with E-state index in [9.17, 15) is 39.5 Å². The minimum atomic E-state index is -6.87. The van der Waals surface area contributed by atoms with Gasteiger partial charge >= 0.3 is 23.3 Å². The third kappa shape index (κ3) is 9.87. The molecule has 3 aromatic rings. The van der Waals surface area contributed by atoms with Crippen LogP contribution in [-0.4, -0.2) is 45.4 Å². The maximum absolute atomic E-state index is 13.7. The summed E-state index contributed by atoms with van der Waals surface area (Å²) >= 11 is -0.449. The summed E-state index contributed by atoms with van der Waals surface area (Å²) in [6.07, 6.45) is -1.72. The van der Waals surface area contributed by atoms with Crippen molar-refractivity contribution in [3.8, 4) is 0 Å². The molecule has 2 saturated carbocycles. The van der Waals surface area contributed by atoms with E-state index in [-0.39, 0.29) is 22.3 Å². The Hall–Kier alpha value is -2.00. The molecule has 270 valence electrons. The van der Waals surface area contributed by atoms with Crippen LogP contribution in [0, 0.1) is 17.8 Å². The lowest BCUT2D eigenvalue weighted by molar-refractivity contribution is -0.381. The van der Waals surface area contributed by atoms with E-state index in [2.05, 4.69) is 103 Å². The van der Waals surface area contributed by atoms with Gasteiger partial charge in [0.05, 0.1) is 16.8 Å². The zero-order chi connectivity index (χ0) is 36.1. The molecule has 2 aliphatic carbocycles. The smallest absolute Gasteiger partial charge is 0.301 e. The van der Waals surface area contributed by atoms with Gasteiger partial charge in [0.1, 0.15) is 0 Å². The van der Waals surface area contributed by atoms with Crippen LogP contribution in [0.5, 0.6) is 0 Å². The molecule has 0 aromatic heterocycles. The first-order chi connectivity index (χ1) is 22.9. The van der Waals surface area contributed by atoms with Gasteiger partial charge in [0.15, 0.2) is 14.7 Å². The SMILES string of the molecule is CC1CC2CC(C1)CC(C)(NCSN(C)SC(F)(F)C(F)(F)C(F)(F)C(F)(F)F)C2.c1ccc([S+](c2ccccc2)c2ccccc2)cc1. The minimum Gasteiger partial charge on any atom is -0.301 e. The summed E-state index contributed by atoms with van der Waals surface area (Å²) in [6, 6.07) is 32.2. The molecule has 0 aliphatic heterocycles. The van der Waals surface area contributed by atoms with Gasteiger partial charge < -0.3 is 5.32 Å². The first kappa shape index (κ1) is 39.8. The van der Waals surface area contributed by atoms with Gasteiger partial charge in [0.2, 0.25) is 0 Å². The zero-order valence-electron chi connectivity index (χ0n) is 27.2. The van der Waals surface area contributed by atoms with Gasteiger partial charge in [0, 0.05) is 24.5 Å². The number of hydrogen-bond donors (Lipinski definition) is 1. The number of nitrogens with zero attached hydrogens (tertiary/aromatic N) is 1. The monoisotopic (exact) mass is 755 g/mol. The Morgan fingerprint density at radius 3 is 1.49 bits per heavy atom. The van der Waals surface area contributed by atoms with E-state index in [0.29, 0.717) is 33.4 Å². The first-order valence-corrected chi connectivity index (χ1v) is 18.7. The van der Waals surface area contributed by atoms with Crippen LogP contribution < -0.4 is 5.32 Å². The summed E-state index contributed by atoms with van der Waals surface area (Å²) in [4.78, 5) is 4.08. The lowest BCUT2D eigenvalue weighted by Gasteiger charge is -2.47. The second-order valence-corrected chi connectivity index (χ2v) is 17.5. The Balaban J connectivity index is 0.000000242. The predicted octanol–water partition coefficient (Wildman–Crippen LogP) is 11.6. The first-order valence-electron chi connectivity index (χ1n) is 15.8. The molecular formula is C35H40F9N2S3+. The maximum Gasteiger partial charge on any atom is 0.460 e. The second-order valence-electron chi connectivity index (χ2n) is 12.9. The van der Waals surface area contributed by atoms with Crippen LogP contribution in [0.1, 0.15) is 46.0 Å². The fourth-order valence-corrected chi connectivity index (χ4v) is 10.6. The molecule has 5 rings (SSSR count). The van der Waals surface area contributed by atoms with Crippen LogP contribution in [0.2, 0.25) is 0 Å². The largest absolute Gasteiger partial charge is 0.460 e. The van der Waals surface area contributed by atoms with Crippen molar-refractivity contribution in [2.45, 2.75) is 89.5 Å². The lowest BCUT2D eigenvalue weighted by Crippen LogP contribution is -2.60. The molecule has 2 bridgehead atoms. The van der Waals surface area contributed by atoms with E-state index < -0.39 is 35.2 Å². The fraction of sp³-hybridized carbons (Fsp3) is 0.486. The molecule has 0 amide bonds. The quantitative estimate of drug-likeness (QED) is 0.0907. The Bertz CT molecular complexity index is 1340. The Kier molecular flexibility index (Phi) is 13.1. The van der Waals surface area contributed by atoms with Crippen LogP contribution in [0.4, 0.5) is 39.5 Å². The molecule has 14 heteroatoms. The lowest BCUT2D eigenvalue weighted by atomic mass is 9.63. The molecule has 2 atom stereocenters. The maximum atomic E-state index is 13.7. The number of fused-ring (bicyclic) bond motifs is 2. The third-order valence-electron chi connectivity index (χ3n) is 8.66. The molecule has 3 aromatic carbocycles. The van der Waals surface area contributed by atoms with E-state index in [1.807, 2.05) is 6.92 Å². The molecule has 1 N–H and O–H groups in total. The van der Waals surface area contributed by atoms with Crippen molar-refractivity contribution in [3.05, 3.63) is 91.0 Å². The summed E-state index contributed by atoms with van der Waals surface area (Å²) < 4.78 is 117. The van der Waals surface area contributed by atoms with E-state index in [1.54, 1.807) is 0 Å². The highest BCUT2D eigenvalue weighted by molar-refractivity contribution is 8.12. The minimum absolute atomic E-state index is 0.0146. The third-order valence-corrected chi connectivity index (χ3v) is 12.8. The number of hydrogen-bond acceptors (Lipinski definition) is 4. The van der Waals surface area contributed by atoms with Crippen LogP contribution >= 0.6 is 23.9 Å². The molecular weight excluding hydrogens is 716 g/mol. The number of benzene rings is 3. The molecule has 2 unspecified atom stereocenters. The van der Waals surface area contributed by atoms with Gasteiger partial charge in [-0.25, -0.2) is 0 Å². The van der Waals surface area contributed by atoms with Gasteiger partial charge in [-0.05, 0) is 93.2 Å². The number of alkyl halides is 9. The predicted molar refractivity (Wildman–Crippen MR) is 181 cm³/mol. The van der Waals surface area contributed by atoms with E-state index >= 15 is 0 Å². The van der Waals surface area contributed by atoms with E-state index in [4.69, 9.17) is 0 Å². The summed E-state index contributed by atoms with van der Waals surface area (Å²) in [5, 5.41) is -2.47. The normalized spacial score (nSPS) is 23.3. The number of nitrogens with one attached hydrogen (secondary N) is 1. The van der Waals surface area contributed by atoms with Crippen LogP contribution in [-0.2, 0) is 10.9 Å². The fourth-order valence-electron chi connectivity index (χ4n) is 6.71. The average molecular weight is 756 g/mol. The van der Waals surface area contributed by atoms with Crippen LogP contribution in [0.25, 0.3) is 0 Å². The molecule has 0 spiro atoms. The van der Waals surface area contributed by atoms with Crippen molar-refractivity contribution in [3.63, 3.8) is 0 Å². The second kappa shape index (κ2) is 16.1. The van der Waals surface area contributed by atoms with Crippen molar-refractivity contribution in [1.29, 1.82) is 0 Å². The van der Waals surface area contributed by atoms with Crippen molar-refractivity contribution < 1.29 is 39.5 Å². The summed E-state index contributed by atoms with van der Waals surface area (Å²) in [6.45, 7) is 4.19. The topological polar surface area (TPSA) is 15.3 Å². The summed E-state index contributed by atoms with van der Waals surface area (Å²) in [7, 11) is 0.894.